The van der Waals surface area contributed by atoms with Gasteiger partial charge < -0.3 is 15.7 Å². The van der Waals surface area contributed by atoms with Gasteiger partial charge in [-0.1, -0.05) is 30.3 Å². The second-order valence-electron chi connectivity index (χ2n) is 6.76. The SMILES string of the molecule is NC(=O)C(O)CC(=O)c1ccc(N2CCC(c3ccccc3)CC2)cc1. The Balaban J connectivity index is 1.58. The summed E-state index contributed by atoms with van der Waals surface area (Å²) < 4.78 is 0. The number of piperidine rings is 1. The van der Waals surface area contributed by atoms with Crippen molar-refractivity contribution in [2.24, 2.45) is 5.73 Å². The first-order valence-corrected chi connectivity index (χ1v) is 8.95. The molecule has 1 aliphatic heterocycles. The zero-order valence-electron chi connectivity index (χ0n) is 14.7. The third-order valence-electron chi connectivity index (χ3n) is 5.03. The molecule has 1 unspecified atom stereocenters. The van der Waals surface area contributed by atoms with E-state index in [2.05, 4.69) is 29.2 Å². The molecule has 1 amide bonds. The Hall–Kier alpha value is -2.66. The van der Waals surface area contributed by atoms with Crippen LogP contribution in [-0.2, 0) is 4.79 Å². The lowest BCUT2D eigenvalue weighted by atomic mass is 9.89. The zero-order chi connectivity index (χ0) is 18.5. The van der Waals surface area contributed by atoms with Crippen molar-refractivity contribution in [1.29, 1.82) is 0 Å². The summed E-state index contributed by atoms with van der Waals surface area (Å²) in [5.74, 6) is -0.564. The van der Waals surface area contributed by atoms with Gasteiger partial charge in [0.2, 0.25) is 5.91 Å². The topological polar surface area (TPSA) is 83.6 Å². The van der Waals surface area contributed by atoms with E-state index in [9.17, 15) is 14.7 Å². The van der Waals surface area contributed by atoms with Gasteiger partial charge in [0.25, 0.3) is 0 Å². The Bertz CT molecular complexity index is 751. The number of carbonyl (C=O) groups excluding carboxylic acids is 2. The molecule has 26 heavy (non-hydrogen) atoms. The van der Waals surface area contributed by atoms with Gasteiger partial charge in [-0.25, -0.2) is 0 Å². The molecule has 2 aromatic rings. The van der Waals surface area contributed by atoms with Gasteiger partial charge in [-0.2, -0.15) is 0 Å². The highest BCUT2D eigenvalue weighted by Gasteiger charge is 2.21. The molecule has 0 aromatic heterocycles. The summed E-state index contributed by atoms with van der Waals surface area (Å²) in [4.78, 5) is 25.3. The molecule has 0 spiro atoms. The molecule has 0 aliphatic carbocycles. The van der Waals surface area contributed by atoms with E-state index in [0.717, 1.165) is 31.6 Å². The fraction of sp³-hybridized carbons (Fsp3) is 0.333. The van der Waals surface area contributed by atoms with Crippen molar-refractivity contribution in [2.45, 2.75) is 31.3 Å². The van der Waals surface area contributed by atoms with Crippen LogP contribution in [0.3, 0.4) is 0 Å². The summed E-state index contributed by atoms with van der Waals surface area (Å²) in [6, 6.07) is 18.0. The number of rotatable bonds is 6. The van der Waals surface area contributed by atoms with Crippen LogP contribution in [0.5, 0.6) is 0 Å². The van der Waals surface area contributed by atoms with E-state index < -0.39 is 12.0 Å². The molecule has 3 N–H and O–H groups in total. The molecule has 1 aliphatic rings. The standard InChI is InChI=1S/C21H24N2O3/c22-21(26)20(25)14-19(24)17-6-8-18(9-7-17)23-12-10-16(11-13-23)15-4-2-1-3-5-15/h1-9,16,20,25H,10-14H2,(H2,22,26). The van der Waals surface area contributed by atoms with Crippen LogP contribution < -0.4 is 10.6 Å². The van der Waals surface area contributed by atoms with E-state index in [-0.39, 0.29) is 12.2 Å². The Labute approximate surface area is 153 Å². The number of anilines is 1. The first-order chi connectivity index (χ1) is 12.5. The van der Waals surface area contributed by atoms with Crippen LogP contribution >= 0.6 is 0 Å². The summed E-state index contributed by atoms with van der Waals surface area (Å²) in [6.45, 7) is 1.96. The van der Waals surface area contributed by atoms with Gasteiger partial charge in [0.05, 0.1) is 0 Å². The van der Waals surface area contributed by atoms with E-state index in [1.165, 1.54) is 5.56 Å². The number of ketones is 1. The highest BCUT2D eigenvalue weighted by molar-refractivity contribution is 5.99. The third-order valence-corrected chi connectivity index (χ3v) is 5.03. The van der Waals surface area contributed by atoms with E-state index in [0.29, 0.717) is 11.5 Å². The molecular formula is C21H24N2O3. The monoisotopic (exact) mass is 352 g/mol. The summed E-state index contributed by atoms with van der Waals surface area (Å²) in [5, 5.41) is 9.43. The minimum Gasteiger partial charge on any atom is -0.383 e. The van der Waals surface area contributed by atoms with Crippen LogP contribution in [0.2, 0.25) is 0 Å². The Morgan fingerprint density at radius 1 is 1.04 bits per heavy atom. The number of aliphatic hydroxyl groups excluding tert-OH is 1. The van der Waals surface area contributed by atoms with E-state index in [1.54, 1.807) is 12.1 Å². The average Bonchev–Trinajstić information content (AvgIpc) is 2.69. The molecule has 1 saturated heterocycles. The molecule has 0 saturated carbocycles. The number of amides is 1. The lowest BCUT2D eigenvalue weighted by Gasteiger charge is -2.34. The van der Waals surface area contributed by atoms with Crippen LogP contribution in [-0.4, -0.2) is 36.0 Å². The van der Waals surface area contributed by atoms with Crippen molar-refractivity contribution in [3.8, 4) is 0 Å². The number of hydrogen-bond donors (Lipinski definition) is 2. The molecule has 136 valence electrons. The summed E-state index contributed by atoms with van der Waals surface area (Å²) in [5.41, 5.74) is 7.96. The smallest absolute Gasteiger partial charge is 0.246 e. The molecule has 1 atom stereocenters. The van der Waals surface area contributed by atoms with Crippen LogP contribution in [0, 0.1) is 0 Å². The number of aliphatic hydroxyl groups is 1. The molecule has 2 aromatic carbocycles. The highest BCUT2D eigenvalue weighted by atomic mass is 16.3. The lowest BCUT2D eigenvalue weighted by Crippen LogP contribution is -2.32. The number of hydrogen-bond acceptors (Lipinski definition) is 4. The molecule has 0 bridgehead atoms. The molecule has 3 rings (SSSR count). The fourth-order valence-corrected chi connectivity index (χ4v) is 3.45. The first kappa shape index (κ1) is 18.1. The maximum absolute atomic E-state index is 12.1. The maximum Gasteiger partial charge on any atom is 0.246 e. The number of primary amides is 1. The predicted molar refractivity (Wildman–Crippen MR) is 101 cm³/mol. The van der Waals surface area contributed by atoms with Crippen molar-refractivity contribution >= 4 is 17.4 Å². The number of nitrogens with two attached hydrogens (primary N) is 1. The Morgan fingerprint density at radius 2 is 1.65 bits per heavy atom. The molecule has 0 radical (unpaired) electrons. The van der Waals surface area contributed by atoms with Gasteiger partial charge in [-0.05, 0) is 48.6 Å². The minimum atomic E-state index is -1.43. The summed E-state index contributed by atoms with van der Waals surface area (Å²) in [6.07, 6.45) is 0.501. The van der Waals surface area contributed by atoms with E-state index in [4.69, 9.17) is 5.73 Å². The number of carbonyl (C=O) groups is 2. The summed E-state index contributed by atoms with van der Waals surface area (Å²) in [7, 11) is 0. The normalized spacial score (nSPS) is 16.3. The van der Waals surface area contributed by atoms with Gasteiger partial charge in [0.1, 0.15) is 6.10 Å². The molecule has 5 heteroatoms. The Kier molecular flexibility index (Phi) is 5.68. The largest absolute Gasteiger partial charge is 0.383 e. The second-order valence-corrected chi connectivity index (χ2v) is 6.76. The number of benzene rings is 2. The van der Waals surface area contributed by atoms with Crippen molar-refractivity contribution in [3.05, 3.63) is 65.7 Å². The van der Waals surface area contributed by atoms with E-state index in [1.807, 2.05) is 18.2 Å². The van der Waals surface area contributed by atoms with Gasteiger partial charge >= 0.3 is 0 Å². The van der Waals surface area contributed by atoms with Gasteiger partial charge in [0.15, 0.2) is 5.78 Å². The van der Waals surface area contributed by atoms with Crippen molar-refractivity contribution < 1.29 is 14.7 Å². The lowest BCUT2D eigenvalue weighted by molar-refractivity contribution is -0.125. The van der Waals surface area contributed by atoms with Crippen LogP contribution in [0.1, 0.15) is 41.1 Å². The first-order valence-electron chi connectivity index (χ1n) is 8.95. The molecule has 1 heterocycles. The molecular weight excluding hydrogens is 328 g/mol. The van der Waals surface area contributed by atoms with E-state index >= 15 is 0 Å². The van der Waals surface area contributed by atoms with Gasteiger partial charge in [-0.15, -0.1) is 0 Å². The highest BCUT2D eigenvalue weighted by Crippen LogP contribution is 2.30. The third kappa shape index (κ3) is 4.29. The van der Waals surface area contributed by atoms with Crippen molar-refractivity contribution in [1.82, 2.24) is 0 Å². The summed E-state index contributed by atoms with van der Waals surface area (Å²) >= 11 is 0. The number of nitrogens with zero attached hydrogens (tertiary/aromatic N) is 1. The van der Waals surface area contributed by atoms with Crippen molar-refractivity contribution in [2.75, 3.05) is 18.0 Å². The maximum atomic E-state index is 12.1. The quantitative estimate of drug-likeness (QED) is 0.783. The van der Waals surface area contributed by atoms with Crippen molar-refractivity contribution in [3.63, 3.8) is 0 Å². The van der Waals surface area contributed by atoms with Crippen LogP contribution in [0.15, 0.2) is 54.6 Å². The average molecular weight is 352 g/mol. The molecule has 1 fully saturated rings. The predicted octanol–water partition coefficient (Wildman–Crippen LogP) is 2.49. The fourth-order valence-electron chi connectivity index (χ4n) is 3.45. The minimum absolute atomic E-state index is 0.281. The molecule has 5 nitrogen and oxygen atoms in total. The zero-order valence-corrected chi connectivity index (χ0v) is 14.7. The Morgan fingerprint density at radius 3 is 2.23 bits per heavy atom. The van der Waals surface area contributed by atoms with Gasteiger partial charge in [0, 0.05) is 30.8 Å². The number of Topliss-reactive ketones (excluding diaryl/α,β-unsaturated/α-hetero) is 1. The second kappa shape index (κ2) is 8.15. The van der Waals surface area contributed by atoms with Gasteiger partial charge in [-0.3, -0.25) is 9.59 Å². The van der Waals surface area contributed by atoms with Crippen LogP contribution in [0.4, 0.5) is 5.69 Å². The van der Waals surface area contributed by atoms with Crippen LogP contribution in [0.25, 0.3) is 0 Å².